The van der Waals surface area contributed by atoms with Crippen molar-refractivity contribution < 1.29 is 14.6 Å². The summed E-state index contributed by atoms with van der Waals surface area (Å²) in [6, 6.07) is 3.83. The van der Waals surface area contributed by atoms with E-state index in [1.54, 1.807) is 12.1 Å². The van der Waals surface area contributed by atoms with Crippen LogP contribution in [-0.4, -0.2) is 30.9 Å². The second-order valence-corrected chi connectivity index (χ2v) is 5.01. The molecule has 2 rings (SSSR count). The lowest BCUT2D eigenvalue weighted by Gasteiger charge is -2.22. The molecule has 0 radical (unpaired) electrons. The third-order valence-corrected chi connectivity index (χ3v) is 3.00. The maximum absolute atomic E-state index is 10.1. The summed E-state index contributed by atoms with van der Waals surface area (Å²) in [5.41, 5.74) is 0.734. The van der Waals surface area contributed by atoms with Crippen molar-refractivity contribution in [2.45, 2.75) is 26.0 Å². The molecule has 0 aromatic heterocycles. The van der Waals surface area contributed by atoms with Crippen LogP contribution in [0, 0.1) is 0 Å². The first-order chi connectivity index (χ1) is 8.58. The summed E-state index contributed by atoms with van der Waals surface area (Å²) in [5, 5.41) is 13.7. The molecule has 1 aromatic carbocycles. The fourth-order valence-corrected chi connectivity index (χ4v) is 2.06. The van der Waals surface area contributed by atoms with Gasteiger partial charge in [-0.2, -0.15) is 0 Å². The predicted octanol–water partition coefficient (Wildman–Crippen LogP) is 2.14. The van der Waals surface area contributed by atoms with Gasteiger partial charge in [-0.1, -0.05) is 25.4 Å². The van der Waals surface area contributed by atoms with E-state index in [-0.39, 0.29) is 0 Å². The Balaban J connectivity index is 2.16. The van der Waals surface area contributed by atoms with Gasteiger partial charge in [0.25, 0.3) is 0 Å². The number of halogens is 1. The second kappa shape index (κ2) is 5.78. The van der Waals surface area contributed by atoms with Gasteiger partial charge in [0.05, 0.1) is 11.1 Å². The van der Waals surface area contributed by atoms with Gasteiger partial charge in [0.1, 0.15) is 13.2 Å². The van der Waals surface area contributed by atoms with Gasteiger partial charge in [0, 0.05) is 12.6 Å². The molecule has 4 nitrogen and oxygen atoms in total. The quantitative estimate of drug-likeness (QED) is 0.881. The Bertz CT molecular complexity index is 423. The Kier molecular flexibility index (Phi) is 4.32. The Labute approximate surface area is 112 Å². The molecule has 1 atom stereocenters. The van der Waals surface area contributed by atoms with E-state index in [0.29, 0.717) is 42.3 Å². The summed E-state index contributed by atoms with van der Waals surface area (Å²) in [4.78, 5) is 0. The average molecular weight is 272 g/mol. The lowest BCUT2D eigenvalue weighted by atomic mass is 10.1. The standard InChI is InChI=1S/C13H18ClNO3/c1-8(2)15-7-11(16)9-5-10(14)13-12(6-9)17-3-4-18-13/h5-6,8,11,15-16H,3-4,7H2,1-2H3. The minimum Gasteiger partial charge on any atom is -0.486 e. The summed E-state index contributed by atoms with van der Waals surface area (Å²) in [6.07, 6.45) is -0.610. The molecule has 5 heteroatoms. The zero-order valence-electron chi connectivity index (χ0n) is 10.6. The smallest absolute Gasteiger partial charge is 0.179 e. The second-order valence-electron chi connectivity index (χ2n) is 4.61. The summed E-state index contributed by atoms with van der Waals surface area (Å²) in [6.45, 7) is 5.55. The van der Waals surface area contributed by atoms with Crippen molar-refractivity contribution >= 4 is 11.6 Å². The molecular formula is C13H18ClNO3. The van der Waals surface area contributed by atoms with Crippen molar-refractivity contribution in [3.8, 4) is 11.5 Å². The molecule has 0 saturated heterocycles. The highest BCUT2D eigenvalue weighted by atomic mass is 35.5. The number of rotatable bonds is 4. The van der Waals surface area contributed by atoms with Gasteiger partial charge >= 0.3 is 0 Å². The molecule has 1 aliphatic heterocycles. The van der Waals surface area contributed by atoms with Crippen LogP contribution in [0.3, 0.4) is 0 Å². The van der Waals surface area contributed by atoms with Gasteiger partial charge < -0.3 is 19.9 Å². The van der Waals surface area contributed by atoms with E-state index in [2.05, 4.69) is 5.32 Å². The highest BCUT2D eigenvalue weighted by molar-refractivity contribution is 6.32. The van der Waals surface area contributed by atoms with Crippen molar-refractivity contribution in [2.24, 2.45) is 0 Å². The summed E-state index contributed by atoms with van der Waals surface area (Å²) < 4.78 is 10.9. The molecule has 1 heterocycles. The fraction of sp³-hybridized carbons (Fsp3) is 0.538. The number of hydrogen-bond donors (Lipinski definition) is 2. The van der Waals surface area contributed by atoms with Gasteiger partial charge in [0.2, 0.25) is 0 Å². The van der Waals surface area contributed by atoms with Crippen LogP contribution in [0.1, 0.15) is 25.5 Å². The molecule has 0 spiro atoms. The zero-order chi connectivity index (χ0) is 13.1. The Morgan fingerprint density at radius 3 is 2.78 bits per heavy atom. The first-order valence-electron chi connectivity index (χ1n) is 6.08. The van der Waals surface area contributed by atoms with E-state index in [1.807, 2.05) is 13.8 Å². The lowest BCUT2D eigenvalue weighted by Crippen LogP contribution is -2.28. The maximum atomic E-state index is 10.1. The van der Waals surface area contributed by atoms with E-state index >= 15 is 0 Å². The Morgan fingerprint density at radius 1 is 1.33 bits per heavy atom. The van der Waals surface area contributed by atoms with Crippen molar-refractivity contribution in [1.82, 2.24) is 5.32 Å². The molecule has 0 fully saturated rings. The molecule has 0 aliphatic carbocycles. The Hall–Kier alpha value is -0.970. The van der Waals surface area contributed by atoms with Gasteiger partial charge in [-0.15, -0.1) is 0 Å². The number of fused-ring (bicyclic) bond motifs is 1. The van der Waals surface area contributed by atoms with Crippen molar-refractivity contribution in [3.05, 3.63) is 22.7 Å². The molecule has 2 N–H and O–H groups in total. The summed E-state index contributed by atoms with van der Waals surface area (Å²) in [7, 11) is 0. The van der Waals surface area contributed by atoms with Crippen LogP contribution >= 0.6 is 11.6 Å². The van der Waals surface area contributed by atoms with E-state index in [1.165, 1.54) is 0 Å². The van der Waals surface area contributed by atoms with E-state index in [9.17, 15) is 5.11 Å². The zero-order valence-corrected chi connectivity index (χ0v) is 11.3. The molecule has 0 bridgehead atoms. The van der Waals surface area contributed by atoms with Crippen LogP contribution in [0.25, 0.3) is 0 Å². The van der Waals surface area contributed by atoms with E-state index in [0.717, 1.165) is 5.56 Å². The first-order valence-corrected chi connectivity index (χ1v) is 6.46. The van der Waals surface area contributed by atoms with Crippen molar-refractivity contribution in [3.63, 3.8) is 0 Å². The normalized spacial score (nSPS) is 15.8. The number of hydrogen-bond acceptors (Lipinski definition) is 4. The van der Waals surface area contributed by atoms with Gasteiger partial charge in [-0.25, -0.2) is 0 Å². The lowest BCUT2D eigenvalue weighted by molar-refractivity contribution is 0.162. The number of benzene rings is 1. The maximum Gasteiger partial charge on any atom is 0.179 e. The van der Waals surface area contributed by atoms with Gasteiger partial charge in [-0.05, 0) is 17.7 Å². The SMILES string of the molecule is CC(C)NCC(O)c1cc(Cl)c2c(c1)OCCO2. The molecule has 18 heavy (non-hydrogen) atoms. The minimum absolute atomic E-state index is 0.326. The number of nitrogens with one attached hydrogen (secondary N) is 1. The molecule has 1 aromatic rings. The van der Waals surface area contributed by atoms with Crippen molar-refractivity contribution in [1.29, 1.82) is 0 Å². The molecule has 1 unspecified atom stereocenters. The topological polar surface area (TPSA) is 50.7 Å². The van der Waals surface area contributed by atoms with Crippen LogP contribution in [0.2, 0.25) is 5.02 Å². The molecule has 100 valence electrons. The molecular weight excluding hydrogens is 254 g/mol. The summed E-state index contributed by atoms with van der Waals surface area (Å²) >= 11 is 6.12. The average Bonchev–Trinajstić information content (AvgIpc) is 2.36. The van der Waals surface area contributed by atoms with Crippen LogP contribution in [-0.2, 0) is 0 Å². The van der Waals surface area contributed by atoms with Crippen LogP contribution in [0.4, 0.5) is 0 Å². The van der Waals surface area contributed by atoms with Crippen molar-refractivity contribution in [2.75, 3.05) is 19.8 Å². The van der Waals surface area contributed by atoms with Crippen LogP contribution < -0.4 is 14.8 Å². The number of ether oxygens (including phenoxy) is 2. The molecule has 0 amide bonds. The van der Waals surface area contributed by atoms with E-state index in [4.69, 9.17) is 21.1 Å². The van der Waals surface area contributed by atoms with Gasteiger partial charge in [-0.3, -0.25) is 0 Å². The van der Waals surface area contributed by atoms with Crippen LogP contribution in [0.15, 0.2) is 12.1 Å². The summed E-state index contributed by atoms with van der Waals surface area (Å²) in [5.74, 6) is 1.17. The third kappa shape index (κ3) is 3.07. The number of aliphatic hydroxyl groups excluding tert-OH is 1. The highest BCUT2D eigenvalue weighted by Gasteiger charge is 2.19. The molecule has 1 aliphatic rings. The number of aliphatic hydroxyl groups is 1. The first kappa shape index (κ1) is 13.5. The predicted molar refractivity (Wildman–Crippen MR) is 70.5 cm³/mol. The molecule has 0 saturated carbocycles. The van der Waals surface area contributed by atoms with E-state index < -0.39 is 6.10 Å². The Morgan fingerprint density at radius 2 is 2.06 bits per heavy atom. The fourth-order valence-electron chi connectivity index (χ4n) is 1.79. The largest absolute Gasteiger partial charge is 0.486 e. The van der Waals surface area contributed by atoms with Gasteiger partial charge in [0.15, 0.2) is 11.5 Å². The monoisotopic (exact) mass is 271 g/mol. The third-order valence-electron chi connectivity index (χ3n) is 2.72. The minimum atomic E-state index is -0.610. The van der Waals surface area contributed by atoms with Crippen LogP contribution in [0.5, 0.6) is 11.5 Å². The highest BCUT2D eigenvalue weighted by Crippen LogP contribution is 2.39.